The maximum absolute atomic E-state index is 4.58. The summed E-state index contributed by atoms with van der Waals surface area (Å²) in [6.07, 6.45) is 3.21. The van der Waals surface area contributed by atoms with E-state index in [0.717, 1.165) is 19.3 Å². The number of hydrogen-bond donors (Lipinski definition) is 2. The monoisotopic (exact) mass is 225 g/mol. The van der Waals surface area contributed by atoms with Crippen LogP contribution in [0, 0.1) is 6.07 Å². The average Bonchev–Trinajstić information content (AvgIpc) is 2.19. The molecule has 0 aliphatic heterocycles. The second-order valence-corrected chi connectivity index (χ2v) is 5.02. The van der Waals surface area contributed by atoms with E-state index in [0.29, 0.717) is 10.5 Å². The summed E-state index contributed by atoms with van der Waals surface area (Å²) in [5.74, 6) is 0. The van der Waals surface area contributed by atoms with Crippen molar-refractivity contribution in [3.05, 3.63) is 35.9 Å². The van der Waals surface area contributed by atoms with Crippen molar-refractivity contribution in [2.24, 2.45) is 0 Å². The predicted octanol–water partition coefficient (Wildman–Crippen LogP) is 3.43. The van der Waals surface area contributed by atoms with Crippen LogP contribution < -0.4 is 0 Å². The zero-order valence-electron chi connectivity index (χ0n) is 8.48. The van der Waals surface area contributed by atoms with E-state index in [-0.39, 0.29) is 0 Å². The fourth-order valence-corrected chi connectivity index (χ4v) is 2.28. The van der Waals surface area contributed by atoms with Gasteiger partial charge in [-0.3, -0.25) is 0 Å². The zero-order valence-corrected chi connectivity index (χ0v) is 10.3. The summed E-state index contributed by atoms with van der Waals surface area (Å²) in [6.45, 7) is 2.16. The molecule has 0 bridgehead atoms. The fraction of sp³-hybridized carbons (Fsp3) is 0.500. The van der Waals surface area contributed by atoms with E-state index in [4.69, 9.17) is 0 Å². The molecular weight excluding hydrogens is 208 g/mol. The van der Waals surface area contributed by atoms with Crippen molar-refractivity contribution in [3.63, 3.8) is 0 Å². The van der Waals surface area contributed by atoms with E-state index in [1.807, 2.05) is 12.1 Å². The van der Waals surface area contributed by atoms with Gasteiger partial charge in [0.25, 0.3) is 0 Å². The molecule has 77 valence electrons. The van der Waals surface area contributed by atoms with Crippen molar-refractivity contribution in [1.82, 2.24) is 0 Å². The van der Waals surface area contributed by atoms with Crippen LogP contribution in [0.25, 0.3) is 0 Å². The Kier molecular flexibility index (Phi) is 5.49. The molecule has 2 unspecified atom stereocenters. The third-order valence-electron chi connectivity index (χ3n) is 2.27. The van der Waals surface area contributed by atoms with Gasteiger partial charge in [0.2, 0.25) is 0 Å². The summed E-state index contributed by atoms with van der Waals surface area (Å²) in [6, 6.07) is 11.1. The highest BCUT2D eigenvalue weighted by molar-refractivity contribution is 7.81. The molecule has 0 aromatic heterocycles. The topological polar surface area (TPSA) is 0 Å². The van der Waals surface area contributed by atoms with Crippen LogP contribution in [-0.4, -0.2) is 10.5 Å². The molecule has 0 saturated carbocycles. The first kappa shape index (κ1) is 12.0. The van der Waals surface area contributed by atoms with Crippen molar-refractivity contribution in [1.29, 1.82) is 0 Å². The van der Waals surface area contributed by atoms with E-state index in [2.05, 4.69) is 50.4 Å². The second-order valence-electron chi connectivity index (χ2n) is 3.56. The van der Waals surface area contributed by atoms with E-state index in [9.17, 15) is 0 Å². The van der Waals surface area contributed by atoms with Crippen LogP contribution in [-0.2, 0) is 6.42 Å². The SMILES string of the molecule is CCC(S)CC(S)Cc1cc[c]cc1. The highest BCUT2D eigenvalue weighted by atomic mass is 32.1. The lowest BCUT2D eigenvalue weighted by Crippen LogP contribution is -2.10. The molecular formula is C12H17S2. The molecule has 0 aliphatic carbocycles. The van der Waals surface area contributed by atoms with Gasteiger partial charge in [0.1, 0.15) is 0 Å². The molecule has 2 heteroatoms. The second kappa shape index (κ2) is 6.41. The fourth-order valence-electron chi connectivity index (χ4n) is 1.39. The number of benzene rings is 1. The Morgan fingerprint density at radius 1 is 1.21 bits per heavy atom. The molecule has 0 spiro atoms. The Bertz CT molecular complexity index is 246. The molecule has 0 aliphatic rings. The van der Waals surface area contributed by atoms with E-state index in [1.165, 1.54) is 5.56 Å². The lowest BCUT2D eigenvalue weighted by Gasteiger charge is -2.14. The molecule has 0 N–H and O–H groups in total. The maximum Gasteiger partial charge on any atom is 0.00676 e. The summed E-state index contributed by atoms with van der Waals surface area (Å²) >= 11 is 9.06. The molecule has 0 nitrogen and oxygen atoms in total. The zero-order chi connectivity index (χ0) is 10.4. The molecule has 1 aromatic carbocycles. The Hall–Kier alpha value is -0.0800. The number of hydrogen-bond acceptors (Lipinski definition) is 2. The molecule has 0 saturated heterocycles. The lowest BCUT2D eigenvalue weighted by molar-refractivity contribution is 0.702. The van der Waals surface area contributed by atoms with Gasteiger partial charge in [-0.1, -0.05) is 31.2 Å². The van der Waals surface area contributed by atoms with Crippen molar-refractivity contribution in [2.75, 3.05) is 0 Å². The van der Waals surface area contributed by atoms with Crippen molar-refractivity contribution < 1.29 is 0 Å². The highest BCUT2D eigenvalue weighted by Crippen LogP contribution is 2.17. The normalized spacial score (nSPS) is 15.1. The minimum absolute atomic E-state index is 0.417. The third-order valence-corrected chi connectivity index (χ3v) is 3.24. The first-order valence-corrected chi connectivity index (χ1v) is 6.06. The smallest absolute Gasteiger partial charge is 0.00676 e. The Balaban J connectivity index is 2.37. The van der Waals surface area contributed by atoms with Gasteiger partial charge in [0.15, 0.2) is 0 Å². The highest BCUT2D eigenvalue weighted by Gasteiger charge is 2.08. The molecule has 0 fully saturated rings. The average molecular weight is 225 g/mol. The summed E-state index contributed by atoms with van der Waals surface area (Å²) in [5, 5.41) is 0.896. The van der Waals surface area contributed by atoms with Crippen LogP contribution in [0.5, 0.6) is 0 Å². The molecule has 1 rings (SSSR count). The molecule has 1 aromatic rings. The van der Waals surface area contributed by atoms with Crippen molar-refractivity contribution >= 4 is 25.3 Å². The largest absolute Gasteiger partial charge is 0.176 e. The Morgan fingerprint density at radius 2 is 1.86 bits per heavy atom. The molecule has 2 atom stereocenters. The molecule has 0 heterocycles. The maximum atomic E-state index is 4.58. The summed E-state index contributed by atoms with van der Waals surface area (Å²) in [7, 11) is 0. The van der Waals surface area contributed by atoms with Crippen molar-refractivity contribution in [3.8, 4) is 0 Å². The van der Waals surface area contributed by atoms with Gasteiger partial charge in [-0.2, -0.15) is 25.3 Å². The first-order valence-electron chi connectivity index (χ1n) is 5.03. The molecule has 14 heavy (non-hydrogen) atoms. The van der Waals surface area contributed by atoms with Crippen LogP contribution in [0.3, 0.4) is 0 Å². The van der Waals surface area contributed by atoms with Crippen molar-refractivity contribution in [2.45, 2.75) is 36.7 Å². The van der Waals surface area contributed by atoms with Gasteiger partial charge in [0, 0.05) is 10.5 Å². The number of thiol groups is 2. The minimum atomic E-state index is 0.417. The van der Waals surface area contributed by atoms with Gasteiger partial charge in [-0.15, -0.1) is 0 Å². The summed E-state index contributed by atoms with van der Waals surface area (Å²) in [5.41, 5.74) is 1.33. The summed E-state index contributed by atoms with van der Waals surface area (Å²) < 4.78 is 0. The van der Waals surface area contributed by atoms with Gasteiger partial charge < -0.3 is 0 Å². The third kappa shape index (κ3) is 4.43. The van der Waals surface area contributed by atoms with Crippen LogP contribution >= 0.6 is 25.3 Å². The minimum Gasteiger partial charge on any atom is -0.176 e. The quantitative estimate of drug-likeness (QED) is 0.705. The van der Waals surface area contributed by atoms with Crippen LogP contribution in [0.15, 0.2) is 24.3 Å². The Morgan fingerprint density at radius 3 is 2.43 bits per heavy atom. The van der Waals surface area contributed by atoms with E-state index >= 15 is 0 Å². The van der Waals surface area contributed by atoms with Gasteiger partial charge in [-0.05, 0) is 30.9 Å². The van der Waals surface area contributed by atoms with E-state index in [1.54, 1.807) is 0 Å². The number of rotatable bonds is 5. The van der Waals surface area contributed by atoms with E-state index < -0.39 is 0 Å². The van der Waals surface area contributed by atoms with Gasteiger partial charge in [0.05, 0.1) is 0 Å². The van der Waals surface area contributed by atoms with Gasteiger partial charge >= 0.3 is 0 Å². The summed E-state index contributed by atoms with van der Waals surface area (Å²) in [4.78, 5) is 0. The standard InChI is InChI=1S/C12H17S2/c1-2-11(13)9-12(14)8-10-6-4-3-5-7-10/h4-7,11-14H,2,8-9H2,1H3. The van der Waals surface area contributed by atoms with Gasteiger partial charge in [-0.25, -0.2) is 0 Å². The van der Waals surface area contributed by atoms with Crippen LogP contribution in [0.2, 0.25) is 0 Å². The molecule has 0 amide bonds. The first-order chi connectivity index (χ1) is 6.72. The molecule has 1 radical (unpaired) electrons. The lowest BCUT2D eigenvalue weighted by atomic mass is 10.1. The van der Waals surface area contributed by atoms with Crippen LogP contribution in [0.4, 0.5) is 0 Å². The Labute approximate surface area is 97.9 Å². The van der Waals surface area contributed by atoms with Crippen LogP contribution in [0.1, 0.15) is 25.3 Å². The predicted molar refractivity (Wildman–Crippen MR) is 69.4 cm³/mol.